The number of hydrogen-bond donors (Lipinski definition) is 1. The van der Waals surface area contributed by atoms with Crippen LogP contribution >= 0.6 is 0 Å². The number of rotatable bonds is 6. The molecule has 27 heavy (non-hydrogen) atoms. The van der Waals surface area contributed by atoms with Crippen molar-refractivity contribution < 1.29 is 19.1 Å². The van der Waals surface area contributed by atoms with Crippen LogP contribution in [0.4, 0.5) is 0 Å². The number of amides is 2. The van der Waals surface area contributed by atoms with Crippen LogP contribution < -0.4 is 10.1 Å². The van der Waals surface area contributed by atoms with Gasteiger partial charge in [-0.3, -0.25) is 9.59 Å². The van der Waals surface area contributed by atoms with Gasteiger partial charge < -0.3 is 19.7 Å². The molecule has 2 fully saturated rings. The van der Waals surface area contributed by atoms with E-state index in [1.807, 2.05) is 30.9 Å². The highest BCUT2D eigenvalue weighted by Crippen LogP contribution is 2.22. The van der Waals surface area contributed by atoms with Crippen molar-refractivity contribution >= 4 is 11.8 Å². The fourth-order valence-electron chi connectivity index (χ4n) is 3.56. The molecule has 1 aromatic rings. The second-order valence-electron chi connectivity index (χ2n) is 7.73. The Morgan fingerprint density at radius 2 is 1.89 bits per heavy atom. The Hall–Kier alpha value is -2.08. The van der Waals surface area contributed by atoms with E-state index in [2.05, 4.69) is 5.32 Å². The molecule has 6 heteroatoms. The van der Waals surface area contributed by atoms with Gasteiger partial charge in [-0.25, -0.2) is 0 Å². The number of nitrogens with zero attached hydrogens (tertiary/aromatic N) is 1. The Labute approximate surface area is 161 Å². The average molecular weight is 374 g/mol. The van der Waals surface area contributed by atoms with E-state index in [9.17, 15) is 9.59 Å². The van der Waals surface area contributed by atoms with E-state index in [4.69, 9.17) is 9.47 Å². The standard InChI is InChI=1S/C21H30N2O4/c1-15(2)22-20(24)17-5-7-18(8-6-17)27-14-16-9-11-23(12-10-16)21(25)19-4-3-13-26-19/h5-8,15-16,19H,3-4,9-14H2,1-2H3,(H,22,24)/t19-/m0/s1. The van der Waals surface area contributed by atoms with Crippen molar-refractivity contribution in [2.45, 2.75) is 51.7 Å². The van der Waals surface area contributed by atoms with E-state index >= 15 is 0 Å². The number of piperidine rings is 1. The van der Waals surface area contributed by atoms with E-state index in [0.29, 0.717) is 24.7 Å². The third-order valence-corrected chi connectivity index (χ3v) is 5.15. The molecule has 0 unspecified atom stereocenters. The predicted molar refractivity (Wildman–Crippen MR) is 103 cm³/mol. The van der Waals surface area contributed by atoms with E-state index in [-0.39, 0.29) is 24.0 Å². The van der Waals surface area contributed by atoms with Crippen molar-refractivity contribution in [3.63, 3.8) is 0 Å². The molecule has 0 saturated carbocycles. The van der Waals surface area contributed by atoms with Crippen LogP contribution in [0.15, 0.2) is 24.3 Å². The number of benzene rings is 1. The SMILES string of the molecule is CC(C)NC(=O)c1ccc(OCC2CCN(C(=O)[C@@H]3CCCO3)CC2)cc1. The van der Waals surface area contributed by atoms with Gasteiger partial charge in [-0.2, -0.15) is 0 Å². The van der Waals surface area contributed by atoms with Crippen LogP contribution in [-0.2, 0) is 9.53 Å². The molecule has 0 aliphatic carbocycles. The second kappa shape index (κ2) is 9.22. The first-order valence-electron chi connectivity index (χ1n) is 9.97. The Bertz CT molecular complexity index is 630. The molecule has 1 aromatic carbocycles. The number of nitrogens with one attached hydrogen (secondary N) is 1. The van der Waals surface area contributed by atoms with Crippen LogP contribution in [0.3, 0.4) is 0 Å². The zero-order valence-corrected chi connectivity index (χ0v) is 16.3. The smallest absolute Gasteiger partial charge is 0.251 e. The lowest BCUT2D eigenvalue weighted by molar-refractivity contribution is -0.142. The molecule has 2 aliphatic heterocycles. The summed E-state index contributed by atoms with van der Waals surface area (Å²) in [5.74, 6) is 1.30. The van der Waals surface area contributed by atoms with Gasteiger partial charge in [0.1, 0.15) is 11.9 Å². The van der Waals surface area contributed by atoms with Gasteiger partial charge in [0.15, 0.2) is 0 Å². The van der Waals surface area contributed by atoms with Crippen LogP contribution in [0.5, 0.6) is 5.75 Å². The normalized spacial score (nSPS) is 20.7. The van der Waals surface area contributed by atoms with Crippen molar-refractivity contribution in [2.75, 3.05) is 26.3 Å². The largest absolute Gasteiger partial charge is 0.493 e. The minimum absolute atomic E-state index is 0.0696. The predicted octanol–water partition coefficient (Wildman–Crippen LogP) is 2.62. The molecule has 2 saturated heterocycles. The van der Waals surface area contributed by atoms with E-state index < -0.39 is 0 Å². The topological polar surface area (TPSA) is 67.9 Å². The lowest BCUT2D eigenvalue weighted by Gasteiger charge is -2.33. The number of carbonyl (C=O) groups is 2. The summed E-state index contributed by atoms with van der Waals surface area (Å²) in [5, 5.41) is 2.87. The summed E-state index contributed by atoms with van der Waals surface area (Å²) in [6, 6.07) is 7.37. The van der Waals surface area contributed by atoms with E-state index in [0.717, 1.165) is 44.5 Å². The number of hydrogen-bond acceptors (Lipinski definition) is 4. The van der Waals surface area contributed by atoms with Gasteiger partial charge in [-0.15, -0.1) is 0 Å². The molecule has 2 aliphatic rings. The molecule has 3 rings (SSSR count). The maximum atomic E-state index is 12.4. The first kappa shape index (κ1) is 19.7. The molecule has 0 radical (unpaired) electrons. The summed E-state index contributed by atoms with van der Waals surface area (Å²) >= 11 is 0. The third-order valence-electron chi connectivity index (χ3n) is 5.15. The molecular formula is C21H30N2O4. The van der Waals surface area contributed by atoms with E-state index in [1.54, 1.807) is 12.1 Å². The van der Waals surface area contributed by atoms with Gasteiger partial charge in [0, 0.05) is 31.3 Å². The Kier molecular flexibility index (Phi) is 6.72. The van der Waals surface area contributed by atoms with Crippen LogP contribution in [0.2, 0.25) is 0 Å². The highest BCUT2D eigenvalue weighted by atomic mass is 16.5. The van der Waals surface area contributed by atoms with Crippen molar-refractivity contribution in [1.29, 1.82) is 0 Å². The first-order chi connectivity index (χ1) is 13.0. The summed E-state index contributed by atoms with van der Waals surface area (Å²) in [4.78, 5) is 26.3. The third kappa shape index (κ3) is 5.45. The first-order valence-corrected chi connectivity index (χ1v) is 9.97. The molecule has 148 valence electrons. The number of carbonyl (C=O) groups excluding carboxylic acids is 2. The molecule has 2 heterocycles. The lowest BCUT2D eigenvalue weighted by Crippen LogP contribution is -2.44. The van der Waals surface area contributed by atoms with Crippen LogP contribution in [0.25, 0.3) is 0 Å². The Balaban J connectivity index is 1.41. The summed E-state index contributed by atoms with van der Waals surface area (Å²) < 4.78 is 11.4. The maximum absolute atomic E-state index is 12.4. The van der Waals surface area contributed by atoms with Gasteiger partial charge >= 0.3 is 0 Å². The summed E-state index contributed by atoms with van der Waals surface area (Å²) in [5.41, 5.74) is 0.636. The van der Waals surface area contributed by atoms with Crippen LogP contribution in [0.1, 0.15) is 49.9 Å². The fraction of sp³-hybridized carbons (Fsp3) is 0.619. The number of likely N-dealkylation sites (tertiary alicyclic amines) is 1. The summed E-state index contributed by atoms with van der Waals surface area (Å²) in [6.07, 6.45) is 3.52. The summed E-state index contributed by atoms with van der Waals surface area (Å²) in [6.45, 7) is 6.78. The van der Waals surface area contributed by atoms with Crippen molar-refractivity contribution in [2.24, 2.45) is 5.92 Å². The Morgan fingerprint density at radius 3 is 2.48 bits per heavy atom. The van der Waals surface area contributed by atoms with Gasteiger partial charge in [-0.1, -0.05) is 0 Å². The molecule has 0 spiro atoms. The zero-order chi connectivity index (χ0) is 19.2. The van der Waals surface area contributed by atoms with Gasteiger partial charge in [0.2, 0.25) is 0 Å². The lowest BCUT2D eigenvalue weighted by atomic mass is 9.97. The zero-order valence-electron chi connectivity index (χ0n) is 16.3. The molecule has 1 atom stereocenters. The summed E-state index contributed by atoms with van der Waals surface area (Å²) in [7, 11) is 0. The van der Waals surface area contributed by atoms with Gasteiger partial charge in [0.05, 0.1) is 6.61 Å². The second-order valence-corrected chi connectivity index (χ2v) is 7.73. The van der Waals surface area contributed by atoms with Crippen LogP contribution in [0, 0.1) is 5.92 Å². The maximum Gasteiger partial charge on any atom is 0.251 e. The average Bonchev–Trinajstić information content (AvgIpc) is 3.21. The molecule has 0 bridgehead atoms. The number of ether oxygens (including phenoxy) is 2. The quantitative estimate of drug-likeness (QED) is 0.831. The highest BCUT2D eigenvalue weighted by molar-refractivity contribution is 5.94. The van der Waals surface area contributed by atoms with Gasteiger partial charge in [0.25, 0.3) is 11.8 Å². The fourth-order valence-corrected chi connectivity index (χ4v) is 3.56. The molecule has 1 N–H and O–H groups in total. The van der Waals surface area contributed by atoms with Gasteiger partial charge in [-0.05, 0) is 69.7 Å². The molecule has 6 nitrogen and oxygen atoms in total. The minimum atomic E-state index is -0.218. The van der Waals surface area contributed by atoms with Crippen molar-refractivity contribution in [3.05, 3.63) is 29.8 Å². The molecule has 2 amide bonds. The monoisotopic (exact) mass is 374 g/mol. The molecule has 0 aromatic heterocycles. The molecular weight excluding hydrogens is 344 g/mol. The minimum Gasteiger partial charge on any atom is -0.493 e. The van der Waals surface area contributed by atoms with Crippen molar-refractivity contribution in [3.8, 4) is 5.75 Å². The van der Waals surface area contributed by atoms with E-state index in [1.165, 1.54) is 0 Å². The van der Waals surface area contributed by atoms with Crippen LogP contribution in [-0.4, -0.2) is 55.2 Å². The highest BCUT2D eigenvalue weighted by Gasteiger charge is 2.30. The van der Waals surface area contributed by atoms with Crippen molar-refractivity contribution in [1.82, 2.24) is 10.2 Å². The Morgan fingerprint density at radius 1 is 1.19 bits per heavy atom.